The van der Waals surface area contributed by atoms with Crippen LogP contribution in [0.4, 0.5) is 19.0 Å². The van der Waals surface area contributed by atoms with Gasteiger partial charge in [-0.1, -0.05) is 0 Å². The van der Waals surface area contributed by atoms with Gasteiger partial charge in [-0.05, 0) is 31.0 Å². The van der Waals surface area contributed by atoms with Crippen LogP contribution >= 0.6 is 0 Å². The number of ether oxygens (including phenoxy) is 2. The number of amides is 1. The summed E-state index contributed by atoms with van der Waals surface area (Å²) in [6.45, 7) is -0.332. The van der Waals surface area contributed by atoms with Crippen LogP contribution < -0.4 is 15.2 Å². The van der Waals surface area contributed by atoms with Crippen LogP contribution in [-0.4, -0.2) is 64.0 Å². The van der Waals surface area contributed by atoms with Gasteiger partial charge in [0.15, 0.2) is 6.61 Å². The molecule has 0 unspecified atom stereocenters. The Balaban J connectivity index is 1.42. The van der Waals surface area contributed by atoms with Crippen LogP contribution in [0.15, 0.2) is 42.7 Å². The van der Waals surface area contributed by atoms with Gasteiger partial charge in [0.25, 0.3) is 5.91 Å². The number of nitrogen functional groups attached to an aromatic ring is 1. The molecule has 0 spiro atoms. The molecular weight excluding hydrogens is 465 g/mol. The van der Waals surface area contributed by atoms with Crippen molar-refractivity contribution in [1.29, 1.82) is 0 Å². The van der Waals surface area contributed by atoms with E-state index in [0.29, 0.717) is 35.8 Å². The van der Waals surface area contributed by atoms with Crippen molar-refractivity contribution in [2.24, 2.45) is 0 Å². The monoisotopic (exact) mass is 488 g/mol. The predicted molar refractivity (Wildman–Crippen MR) is 120 cm³/mol. The minimum Gasteiger partial charge on any atom is -0.496 e. The van der Waals surface area contributed by atoms with E-state index in [4.69, 9.17) is 10.5 Å². The van der Waals surface area contributed by atoms with Crippen molar-refractivity contribution >= 4 is 11.7 Å². The summed E-state index contributed by atoms with van der Waals surface area (Å²) in [7, 11) is 1.46. The van der Waals surface area contributed by atoms with E-state index in [9.17, 15) is 18.0 Å². The van der Waals surface area contributed by atoms with Gasteiger partial charge in [-0.25, -0.2) is 4.98 Å². The lowest BCUT2D eigenvalue weighted by Crippen LogP contribution is -2.38. The van der Waals surface area contributed by atoms with E-state index in [1.807, 2.05) is 6.07 Å². The number of anilines is 1. The second kappa shape index (κ2) is 10.1. The van der Waals surface area contributed by atoms with Gasteiger partial charge in [-0.3, -0.25) is 9.78 Å². The molecular formula is C23H23F3N6O3. The molecule has 184 valence electrons. The van der Waals surface area contributed by atoms with E-state index in [1.165, 1.54) is 25.6 Å². The second-order valence-corrected chi connectivity index (χ2v) is 8.01. The molecule has 0 bridgehead atoms. The summed E-state index contributed by atoms with van der Waals surface area (Å²) in [4.78, 5) is 23.0. The van der Waals surface area contributed by atoms with Crippen LogP contribution in [0.1, 0.15) is 34.9 Å². The molecule has 1 aliphatic rings. The van der Waals surface area contributed by atoms with E-state index in [-0.39, 0.29) is 23.4 Å². The summed E-state index contributed by atoms with van der Waals surface area (Å²) in [5, 5.41) is 8.05. The first kappa shape index (κ1) is 24.2. The van der Waals surface area contributed by atoms with E-state index < -0.39 is 12.8 Å². The number of hydrogen-bond acceptors (Lipinski definition) is 8. The molecule has 12 heteroatoms. The average molecular weight is 488 g/mol. The Morgan fingerprint density at radius 1 is 1.11 bits per heavy atom. The minimum absolute atomic E-state index is 0.154. The number of carbonyl (C=O) groups is 1. The Morgan fingerprint density at radius 2 is 1.89 bits per heavy atom. The SMILES string of the molecule is COc1cc(C(=O)N2CCC(c3ccc(N)nn3)CC2)ncc1-c1ccc(OCC(F)(F)F)nc1. The number of alkyl halides is 3. The summed E-state index contributed by atoms with van der Waals surface area (Å²) in [6.07, 6.45) is -0.120. The number of hydrogen-bond donors (Lipinski definition) is 1. The highest BCUT2D eigenvalue weighted by molar-refractivity contribution is 5.93. The van der Waals surface area contributed by atoms with Crippen molar-refractivity contribution in [3.63, 3.8) is 0 Å². The van der Waals surface area contributed by atoms with E-state index in [2.05, 4.69) is 24.9 Å². The number of nitrogens with two attached hydrogens (primary N) is 1. The normalized spacial score (nSPS) is 14.6. The highest BCUT2D eigenvalue weighted by atomic mass is 19.4. The van der Waals surface area contributed by atoms with Crippen LogP contribution in [0.5, 0.6) is 11.6 Å². The number of aromatic nitrogens is 4. The smallest absolute Gasteiger partial charge is 0.422 e. The number of methoxy groups -OCH3 is 1. The Labute approximate surface area is 199 Å². The quantitative estimate of drug-likeness (QED) is 0.561. The Bertz CT molecular complexity index is 1160. The fourth-order valence-electron chi connectivity index (χ4n) is 3.83. The lowest BCUT2D eigenvalue weighted by atomic mass is 9.93. The van der Waals surface area contributed by atoms with Gasteiger partial charge in [-0.2, -0.15) is 18.3 Å². The topological polar surface area (TPSA) is 116 Å². The zero-order valence-electron chi connectivity index (χ0n) is 18.8. The highest BCUT2D eigenvalue weighted by Gasteiger charge is 2.29. The molecule has 1 amide bonds. The third kappa shape index (κ3) is 5.94. The zero-order valence-corrected chi connectivity index (χ0v) is 18.8. The first-order valence-electron chi connectivity index (χ1n) is 10.8. The molecule has 0 radical (unpaired) electrons. The molecule has 1 fully saturated rings. The van der Waals surface area contributed by atoms with Crippen LogP contribution in [0, 0.1) is 0 Å². The van der Waals surface area contributed by atoms with Gasteiger partial charge in [0, 0.05) is 54.7 Å². The maximum Gasteiger partial charge on any atom is 0.422 e. The summed E-state index contributed by atoms with van der Waals surface area (Å²) in [5.74, 6) is 0.587. The standard InChI is InChI=1S/C23H23F3N6O3/c1-34-19-10-18(22(33)32-8-6-14(7-9-32)17-3-4-20(27)31-30-17)28-12-16(19)15-2-5-21(29-11-15)35-13-23(24,25)26/h2-5,10-12,14H,6-9,13H2,1H3,(H2,27,31). The lowest BCUT2D eigenvalue weighted by Gasteiger charge is -2.31. The zero-order chi connectivity index (χ0) is 25.0. The van der Waals surface area contributed by atoms with Crippen molar-refractivity contribution in [1.82, 2.24) is 25.1 Å². The van der Waals surface area contributed by atoms with Gasteiger partial charge >= 0.3 is 6.18 Å². The van der Waals surface area contributed by atoms with E-state index >= 15 is 0 Å². The molecule has 0 aromatic carbocycles. The fourth-order valence-corrected chi connectivity index (χ4v) is 3.83. The van der Waals surface area contributed by atoms with Crippen LogP contribution in [0.3, 0.4) is 0 Å². The molecule has 4 rings (SSSR count). The number of pyridine rings is 2. The Morgan fingerprint density at radius 3 is 2.49 bits per heavy atom. The first-order valence-corrected chi connectivity index (χ1v) is 10.8. The summed E-state index contributed by atoms with van der Waals surface area (Å²) < 4.78 is 47.0. The molecule has 0 aliphatic carbocycles. The van der Waals surface area contributed by atoms with Crippen molar-refractivity contribution in [2.75, 3.05) is 32.5 Å². The molecule has 0 saturated carbocycles. The molecule has 3 aromatic heterocycles. The van der Waals surface area contributed by atoms with Crippen molar-refractivity contribution in [3.05, 3.63) is 54.1 Å². The van der Waals surface area contributed by atoms with E-state index in [1.54, 1.807) is 23.1 Å². The number of carbonyl (C=O) groups excluding carboxylic acids is 1. The van der Waals surface area contributed by atoms with Crippen molar-refractivity contribution in [3.8, 4) is 22.8 Å². The number of rotatable bonds is 6. The first-order chi connectivity index (χ1) is 16.7. The third-order valence-corrected chi connectivity index (χ3v) is 5.64. The molecule has 4 heterocycles. The molecule has 35 heavy (non-hydrogen) atoms. The summed E-state index contributed by atoms with van der Waals surface area (Å²) in [6, 6.07) is 8.00. The van der Waals surface area contributed by atoms with Crippen LogP contribution in [0.25, 0.3) is 11.1 Å². The van der Waals surface area contributed by atoms with Gasteiger partial charge in [0.05, 0.1) is 12.8 Å². The lowest BCUT2D eigenvalue weighted by molar-refractivity contribution is -0.154. The molecule has 1 saturated heterocycles. The molecule has 9 nitrogen and oxygen atoms in total. The number of nitrogens with zero attached hydrogens (tertiary/aromatic N) is 5. The highest BCUT2D eigenvalue weighted by Crippen LogP contribution is 2.32. The molecule has 0 atom stereocenters. The average Bonchev–Trinajstić information content (AvgIpc) is 2.87. The minimum atomic E-state index is -4.45. The molecule has 3 aromatic rings. The number of halogens is 3. The van der Waals surface area contributed by atoms with Crippen LogP contribution in [-0.2, 0) is 0 Å². The largest absolute Gasteiger partial charge is 0.496 e. The fraction of sp³-hybridized carbons (Fsp3) is 0.348. The van der Waals surface area contributed by atoms with Gasteiger partial charge in [0.1, 0.15) is 17.3 Å². The second-order valence-electron chi connectivity index (χ2n) is 8.01. The van der Waals surface area contributed by atoms with Crippen molar-refractivity contribution < 1.29 is 27.4 Å². The maximum atomic E-state index is 13.0. The van der Waals surface area contributed by atoms with Crippen molar-refractivity contribution in [2.45, 2.75) is 24.9 Å². The van der Waals surface area contributed by atoms with Gasteiger partial charge < -0.3 is 20.1 Å². The van der Waals surface area contributed by atoms with Gasteiger partial charge in [-0.15, -0.1) is 5.10 Å². The van der Waals surface area contributed by atoms with Gasteiger partial charge in [0.2, 0.25) is 5.88 Å². The molecule has 2 N–H and O–H groups in total. The Kier molecular flexibility index (Phi) is 6.99. The number of likely N-dealkylation sites (tertiary alicyclic amines) is 1. The summed E-state index contributed by atoms with van der Waals surface area (Å²) >= 11 is 0. The third-order valence-electron chi connectivity index (χ3n) is 5.64. The molecule has 1 aliphatic heterocycles. The maximum absolute atomic E-state index is 13.0. The number of piperidine rings is 1. The predicted octanol–water partition coefficient (Wildman–Crippen LogP) is 3.49. The summed E-state index contributed by atoms with van der Waals surface area (Å²) in [5.41, 5.74) is 7.78. The Hall–Kier alpha value is -3.96. The van der Waals surface area contributed by atoms with Crippen LogP contribution in [0.2, 0.25) is 0 Å². The van der Waals surface area contributed by atoms with E-state index in [0.717, 1.165) is 18.5 Å².